The SMILES string of the molecule is CCCCC(CCCC(C#N)(c1cccc(N)c1)c1ccccn1)N(C)C. The normalized spacial score (nSPS) is 14.5. The molecule has 2 atom stereocenters. The number of hydrogen-bond acceptors (Lipinski definition) is 4. The van der Waals surface area contributed by atoms with Crippen molar-refractivity contribution in [1.29, 1.82) is 5.26 Å². The van der Waals surface area contributed by atoms with Crippen LogP contribution in [-0.4, -0.2) is 30.0 Å². The quantitative estimate of drug-likeness (QED) is 0.617. The molecule has 1 aromatic carbocycles. The monoisotopic (exact) mass is 364 g/mol. The number of unbranched alkanes of at least 4 members (excludes halogenated alkanes) is 1. The Morgan fingerprint density at radius 1 is 1.15 bits per heavy atom. The summed E-state index contributed by atoms with van der Waals surface area (Å²) in [5.74, 6) is 0. The summed E-state index contributed by atoms with van der Waals surface area (Å²) in [7, 11) is 4.29. The van der Waals surface area contributed by atoms with Gasteiger partial charge in [-0.1, -0.05) is 38.0 Å². The fourth-order valence-corrected chi connectivity index (χ4v) is 3.72. The first kappa shape index (κ1) is 20.9. The number of anilines is 1. The number of rotatable bonds is 10. The molecule has 0 saturated carbocycles. The Balaban J connectivity index is 2.27. The molecule has 1 aromatic heterocycles. The van der Waals surface area contributed by atoms with Gasteiger partial charge in [-0.3, -0.25) is 4.98 Å². The van der Waals surface area contributed by atoms with Crippen molar-refractivity contribution in [3.8, 4) is 6.07 Å². The third-order valence-corrected chi connectivity index (χ3v) is 5.38. The third kappa shape index (κ3) is 5.30. The Morgan fingerprint density at radius 2 is 1.93 bits per heavy atom. The molecule has 2 rings (SSSR count). The first-order valence-corrected chi connectivity index (χ1v) is 9.88. The van der Waals surface area contributed by atoms with Gasteiger partial charge in [0, 0.05) is 17.9 Å². The van der Waals surface area contributed by atoms with Gasteiger partial charge in [-0.15, -0.1) is 0 Å². The zero-order valence-corrected chi connectivity index (χ0v) is 16.9. The van der Waals surface area contributed by atoms with Crippen LogP contribution in [0.15, 0.2) is 48.7 Å². The van der Waals surface area contributed by atoms with Gasteiger partial charge in [0.2, 0.25) is 0 Å². The van der Waals surface area contributed by atoms with Crippen LogP contribution in [0.5, 0.6) is 0 Å². The lowest BCUT2D eigenvalue weighted by Crippen LogP contribution is -2.30. The molecular formula is C23H32N4. The van der Waals surface area contributed by atoms with Gasteiger partial charge < -0.3 is 10.6 Å². The van der Waals surface area contributed by atoms with Gasteiger partial charge in [-0.2, -0.15) is 5.26 Å². The predicted octanol–water partition coefficient (Wildman–Crippen LogP) is 4.76. The van der Waals surface area contributed by atoms with Gasteiger partial charge in [0.15, 0.2) is 0 Å². The lowest BCUT2D eigenvalue weighted by atomic mass is 9.74. The molecule has 0 aliphatic heterocycles. The summed E-state index contributed by atoms with van der Waals surface area (Å²) in [4.78, 5) is 6.85. The molecule has 27 heavy (non-hydrogen) atoms. The third-order valence-electron chi connectivity index (χ3n) is 5.38. The summed E-state index contributed by atoms with van der Waals surface area (Å²) < 4.78 is 0. The number of aromatic nitrogens is 1. The Labute approximate surface area is 164 Å². The van der Waals surface area contributed by atoms with Crippen LogP contribution in [0.4, 0.5) is 5.69 Å². The van der Waals surface area contributed by atoms with Crippen molar-refractivity contribution >= 4 is 5.69 Å². The molecule has 0 radical (unpaired) electrons. The van der Waals surface area contributed by atoms with E-state index in [0.717, 1.165) is 30.5 Å². The van der Waals surface area contributed by atoms with E-state index in [1.54, 1.807) is 6.20 Å². The van der Waals surface area contributed by atoms with E-state index >= 15 is 0 Å². The van der Waals surface area contributed by atoms with Crippen molar-refractivity contribution < 1.29 is 0 Å². The molecule has 4 heteroatoms. The molecule has 2 aromatic rings. The van der Waals surface area contributed by atoms with Gasteiger partial charge in [0.1, 0.15) is 5.41 Å². The maximum atomic E-state index is 10.2. The Kier molecular flexibility index (Phi) is 7.82. The summed E-state index contributed by atoms with van der Waals surface area (Å²) in [6, 6.07) is 16.6. The molecule has 2 unspecified atom stereocenters. The Hall–Kier alpha value is -2.38. The topological polar surface area (TPSA) is 65.9 Å². The van der Waals surface area contributed by atoms with Crippen LogP contribution in [-0.2, 0) is 5.41 Å². The van der Waals surface area contributed by atoms with E-state index in [-0.39, 0.29) is 0 Å². The number of pyridine rings is 1. The molecule has 0 amide bonds. The minimum absolute atomic E-state index is 0.547. The molecule has 0 bridgehead atoms. The van der Waals surface area contributed by atoms with Crippen molar-refractivity contribution in [1.82, 2.24) is 9.88 Å². The highest BCUT2D eigenvalue weighted by Crippen LogP contribution is 2.36. The summed E-state index contributed by atoms with van der Waals surface area (Å²) in [5, 5.41) is 10.2. The minimum Gasteiger partial charge on any atom is -0.399 e. The van der Waals surface area contributed by atoms with Gasteiger partial charge in [0.25, 0.3) is 0 Å². The molecule has 0 aliphatic carbocycles. The molecule has 0 saturated heterocycles. The first-order chi connectivity index (χ1) is 13.0. The average Bonchev–Trinajstić information content (AvgIpc) is 2.68. The molecule has 144 valence electrons. The van der Waals surface area contributed by atoms with Crippen molar-refractivity contribution in [3.63, 3.8) is 0 Å². The smallest absolute Gasteiger partial charge is 0.124 e. The molecule has 0 spiro atoms. The van der Waals surface area contributed by atoms with Crippen LogP contribution in [0.3, 0.4) is 0 Å². The van der Waals surface area contributed by atoms with Crippen LogP contribution in [0.25, 0.3) is 0 Å². The highest BCUT2D eigenvalue weighted by molar-refractivity contribution is 5.50. The zero-order valence-electron chi connectivity index (χ0n) is 16.9. The van der Waals surface area contributed by atoms with E-state index in [2.05, 4.69) is 37.0 Å². The van der Waals surface area contributed by atoms with Crippen LogP contribution in [0, 0.1) is 11.3 Å². The minimum atomic E-state index is -0.766. The maximum absolute atomic E-state index is 10.2. The second-order valence-corrected chi connectivity index (χ2v) is 7.51. The number of benzene rings is 1. The Morgan fingerprint density at radius 3 is 2.52 bits per heavy atom. The predicted molar refractivity (Wildman–Crippen MR) is 112 cm³/mol. The molecule has 1 heterocycles. The van der Waals surface area contributed by atoms with Gasteiger partial charge in [0.05, 0.1) is 11.8 Å². The summed E-state index contributed by atoms with van der Waals surface area (Å²) >= 11 is 0. The van der Waals surface area contributed by atoms with Crippen LogP contribution >= 0.6 is 0 Å². The van der Waals surface area contributed by atoms with Crippen molar-refractivity contribution in [2.75, 3.05) is 19.8 Å². The molecule has 0 aliphatic rings. The molecule has 2 N–H and O–H groups in total. The van der Waals surface area contributed by atoms with Gasteiger partial charge in [-0.05, 0) is 69.6 Å². The number of nitrogens with two attached hydrogens (primary N) is 1. The fourth-order valence-electron chi connectivity index (χ4n) is 3.72. The largest absolute Gasteiger partial charge is 0.399 e. The molecular weight excluding hydrogens is 332 g/mol. The first-order valence-electron chi connectivity index (χ1n) is 9.88. The average molecular weight is 365 g/mol. The van der Waals surface area contributed by atoms with Crippen molar-refractivity contribution in [3.05, 3.63) is 59.9 Å². The lowest BCUT2D eigenvalue weighted by Gasteiger charge is -2.29. The number of nitrogen functional groups attached to an aromatic ring is 1. The number of nitrogens with zero attached hydrogens (tertiary/aromatic N) is 3. The van der Waals surface area contributed by atoms with E-state index in [4.69, 9.17) is 5.73 Å². The summed E-state index contributed by atoms with van der Waals surface area (Å²) in [6.07, 6.45) is 8.19. The fraction of sp³-hybridized carbons (Fsp3) is 0.478. The maximum Gasteiger partial charge on any atom is 0.124 e. The summed E-state index contributed by atoms with van der Waals surface area (Å²) in [5.41, 5.74) is 7.66. The number of hydrogen-bond donors (Lipinski definition) is 1. The highest BCUT2D eigenvalue weighted by Gasteiger charge is 2.36. The van der Waals surface area contributed by atoms with Crippen molar-refractivity contribution in [2.24, 2.45) is 0 Å². The van der Waals surface area contributed by atoms with E-state index in [9.17, 15) is 5.26 Å². The lowest BCUT2D eigenvalue weighted by molar-refractivity contribution is 0.250. The Bertz CT molecular complexity index is 736. The van der Waals surface area contributed by atoms with E-state index in [1.165, 1.54) is 19.3 Å². The molecule has 4 nitrogen and oxygen atoms in total. The highest BCUT2D eigenvalue weighted by atomic mass is 15.1. The standard InChI is InChI=1S/C23H32N4/c1-4-5-12-21(27(2)3)13-9-15-23(18-24,22-14-6-7-16-26-22)19-10-8-11-20(25)17-19/h6-8,10-11,14,16-17,21H,4-5,9,12-13,15,25H2,1-3H3. The summed E-state index contributed by atoms with van der Waals surface area (Å²) in [6.45, 7) is 2.23. The van der Waals surface area contributed by atoms with Gasteiger partial charge >= 0.3 is 0 Å². The van der Waals surface area contributed by atoms with E-state index in [1.807, 2.05) is 42.5 Å². The van der Waals surface area contributed by atoms with Crippen LogP contribution in [0.1, 0.15) is 56.7 Å². The second-order valence-electron chi connectivity index (χ2n) is 7.51. The van der Waals surface area contributed by atoms with E-state index in [0.29, 0.717) is 11.7 Å². The zero-order chi connectivity index (χ0) is 19.7. The van der Waals surface area contributed by atoms with Crippen LogP contribution < -0.4 is 5.73 Å². The van der Waals surface area contributed by atoms with Crippen molar-refractivity contribution in [2.45, 2.75) is 56.9 Å². The molecule has 0 fully saturated rings. The van der Waals surface area contributed by atoms with Crippen LogP contribution in [0.2, 0.25) is 0 Å². The van der Waals surface area contributed by atoms with Gasteiger partial charge in [-0.25, -0.2) is 0 Å². The van der Waals surface area contributed by atoms with E-state index < -0.39 is 5.41 Å². The number of nitriles is 1. The second kappa shape index (κ2) is 10.1.